The summed E-state index contributed by atoms with van der Waals surface area (Å²) in [6, 6.07) is 22.4. The molecular formula is C30H30ClFN4O3. The topological polar surface area (TPSA) is 65.5 Å². The van der Waals surface area contributed by atoms with E-state index in [1.165, 1.54) is 16.0 Å². The van der Waals surface area contributed by atoms with E-state index < -0.39 is 11.9 Å². The van der Waals surface area contributed by atoms with Crippen molar-refractivity contribution in [2.24, 2.45) is 5.10 Å². The van der Waals surface area contributed by atoms with E-state index in [9.17, 15) is 14.0 Å². The zero-order valence-electron chi connectivity index (χ0n) is 21.5. The SMILES string of the molecule is O=C(c1ccccc1Cl)N(CCN1CCOCC1)CC(=O)N1N=C(c2ccccc2F)CC1c1ccccc1. The quantitative estimate of drug-likeness (QED) is 0.412. The Morgan fingerprint density at radius 2 is 1.67 bits per heavy atom. The lowest BCUT2D eigenvalue weighted by Crippen LogP contribution is -2.46. The first kappa shape index (κ1) is 27.0. The highest BCUT2D eigenvalue weighted by molar-refractivity contribution is 6.33. The Morgan fingerprint density at radius 1 is 0.974 bits per heavy atom. The van der Waals surface area contributed by atoms with Crippen molar-refractivity contribution in [2.45, 2.75) is 12.5 Å². The number of ether oxygens (including phenoxy) is 1. The summed E-state index contributed by atoms with van der Waals surface area (Å²) < 4.78 is 20.1. The molecule has 0 spiro atoms. The number of amides is 2. The molecule has 2 aliphatic rings. The first-order valence-corrected chi connectivity index (χ1v) is 13.4. The van der Waals surface area contributed by atoms with Crippen molar-refractivity contribution >= 4 is 29.1 Å². The highest BCUT2D eigenvalue weighted by atomic mass is 35.5. The molecule has 0 saturated carbocycles. The fourth-order valence-electron chi connectivity index (χ4n) is 4.91. The molecule has 3 aromatic rings. The Bertz CT molecular complexity index is 1350. The van der Waals surface area contributed by atoms with Gasteiger partial charge in [-0.25, -0.2) is 9.40 Å². The lowest BCUT2D eigenvalue weighted by atomic mass is 9.98. The minimum Gasteiger partial charge on any atom is -0.379 e. The van der Waals surface area contributed by atoms with Gasteiger partial charge in [-0.3, -0.25) is 14.5 Å². The molecule has 2 amide bonds. The number of rotatable bonds is 8. The van der Waals surface area contributed by atoms with Gasteiger partial charge in [0.15, 0.2) is 0 Å². The summed E-state index contributed by atoms with van der Waals surface area (Å²) in [5.41, 5.74) is 2.08. The van der Waals surface area contributed by atoms with Gasteiger partial charge < -0.3 is 9.64 Å². The van der Waals surface area contributed by atoms with Crippen LogP contribution in [0.2, 0.25) is 5.02 Å². The van der Waals surface area contributed by atoms with Crippen LogP contribution in [-0.4, -0.2) is 78.3 Å². The smallest absolute Gasteiger partial charge is 0.262 e. The minimum absolute atomic E-state index is 0.189. The molecule has 1 saturated heterocycles. The van der Waals surface area contributed by atoms with E-state index in [1.807, 2.05) is 30.3 Å². The van der Waals surface area contributed by atoms with Gasteiger partial charge in [0, 0.05) is 38.2 Å². The van der Waals surface area contributed by atoms with Crippen LogP contribution in [0.3, 0.4) is 0 Å². The molecule has 9 heteroatoms. The van der Waals surface area contributed by atoms with Gasteiger partial charge >= 0.3 is 0 Å². The predicted molar refractivity (Wildman–Crippen MR) is 148 cm³/mol. The molecule has 1 unspecified atom stereocenters. The van der Waals surface area contributed by atoms with Crippen LogP contribution in [0.15, 0.2) is 84.0 Å². The van der Waals surface area contributed by atoms with Crippen LogP contribution < -0.4 is 0 Å². The molecular weight excluding hydrogens is 519 g/mol. The third-order valence-corrected chi connectivity index (χ3v) is 7.37. The zero-order chi connectivity index (χ0) is 27.2. The molecule has 0 aromatic heterocycles. The molecule has 39 heavy (non-hydrogen) atoms. The van der Waals surface area contributed by atoms with E-state index in [1.54, 1.807) is 42.5 Å². The fourth-order valence-corrected chi connectivity index (χ4v) is 5.13. The van der Waals surface area contributed by atoms with Crippen LogP contribution in [0.4, 0.5) is 4.39 Å². The van der Waals surface area contributed by atoms with Crippen LogP contribution in [0.1, 0.15) is 33.9 Å². The van der Waals surface area contributed by atoms with Crippen molar-refractivity contribution in [3.8, 4) is 0 Å². The number of halogens is 2. The van der Waals surface area contributed by atoms with Crippen molar-refractivity contribution in [1.82, 2.24) is 14.8 Å². The number of morpholine rings is 1. The van der Waals surface area contributed by atoms with E-state index in [2.05, 4.69) is 10.0 Å². The second-order valence-corrected chi connectivity index (χ2v) is 9.96. The standard InChI is InChI=1S/C30H30ClFN4O3/c31-25-12-6-4-10-23(25)30(38)35(15-14-34-16-18-39-19-17-34)21-29(37)36-28(22-8-2-1-3-9-22)20-27(33-36)24-11-5-7-13-26(24)32/h1-13,28H,14-21H2. The van der Waals surface area contributed by atoms with Crippen molar-refractivity contribution < 1.29 is 18.7 Å². The van der Waals surface area contributed by atoms with Crippen LogP contribution in [0.25, 0.3) is 0 Å². The summed E-state index contributed by atoms with van der Waals surface area (Å²) >= 11 is 6.35. The second-order valence-electron chi connectivity index (χ2n) is 9.56. The van der Waals surface area contributed by atoms with E-state index >= 15 is 0 Å². The number of hydrogen-bond acceptors (Lipinski definition) is 5. The summed E-state index contributed by atoms with van der Waals surface area (Å²) in [7, 11) is 0. The van der Waals surface area contributed by atoms with Gasteiger partial charge in [0.25, 0.3) is 11.8 Å². The Balaban J connectivity index is 1.42. The maximum atomic E-state index is 14.7. The number of carbonyl (C=O) groups excluding carboxylic acids is 2. The Labute approximate surface area is 232 Å². The summed E-state index contributed by atoms with van der Waals surface area (Å²) in [6.07, 6.45) is 0.364. The lowest BCUT2D eigenvalue weighted by Gasteiger charge is -2.31. The van der Waals surface area contributed by atoms with E-state index in [0.717, 1.165) is 18.7 Å². The van der Waals surface area contributed by atoms with Gasteiger partial charge in [-0.15, -0.1) is 0 Å². The molecule has 3 aromatic carbocycles. The molecule has 0 bridgehead atoms. The van der Waals surface area contributed by atoms with Gasteiger partial charge in [0.1, 0.15) is 12.4 Å². The van der Waals surface area contributed by atoms with Gasteiger partial charge in [0.05, 0.1) is 35.6 Å². The first-order valence-electron chi connectivity index (χ1n) is 13.0. The summed E-state index contributed by atoms with van der Waals surface area (Å²) in [4.78, 5) is 31.2. The van der Waals surface area contributed by atoms with E-state index in [0.29, 0.717) is 54.6 Å². The summed E-state index contributed by atoms with van der Waals surface area (Å²) in [5, 5.41) is 6.33. The summed E-state index contributed by atoms with van der Waals surface area (Å²) in [5.74, 6) is -1.06. The molecule has 0 N–H and O–H groups in total. The first-order chi connectivity index (χ1) is 19.0. The molecule has 1 atom stereocenters. The largest absolute Gasteiger partial charge is 0.379 e. The Kier molecular flexibility index (Phi) is 8.66. The van der Waals surface area contributed by atoms with Crippen molar-refractivity contribution in [3.63, 3.8) is 0 Å². The lowest BCUT2D eigenvalue weighted by molar-refractivity contribution is -0.133. The minimum atomic E-state index is -0.412. The molecule has 0 radical (unpaired) electrons. The fraction of sp³-hybridized carbons (Fsp3) is 0.300. The van der Waals surface area contributed by atoms with Gasteiger partial charge in [-0.2, -0.15) is 5.10 Å². The maximum Gasteiger partial charge on any atom is 0.262 e. The summed E-state index contributed by atoms with van der Waals surface area (Å²) in [6.45, 7) is 3.55. The average molecular weight is 549 g/mol. The third-order valence-electron chi connectivity index (χ3n) is 7.04. The normalized spacial score (nSPS) is 17.6. The zero-order valence-corrected chi connectivity index (χ0v) is 22.3. The molecule has 1 fully saturated rings. The van der Waals surface area contributed by atoms with Crippen molar-refractivity contribution in [2.75, 3.05) is 45.9 Å². The highest BCUT2D eigenvalue weighted by Crippen LogP contribution is 2.33. The van der Waals surface area contributed by atoms with Crippen molar-refractivity contribution in [1.29, 1.82) is 0 Å². The Morgan fingerprint density at radius 3 is 2.41 bits per heavy atom. The van der Waals surface area contributed by atoms with Crippen LogP contribution in [0.5, 0.6) is 0 Å². The third kappa shape index (κ3) is 6.36. The monoisotopic (exact) mass is 548 g/mol. The number of hydrogen-bond donors (Lipinski definition) is 0. The van der Waals surface area contributed by atoms with Gasteiger partial charge in [-0.05, 0) is 23.8 Å². The average Bonchev–Trinajstić information content (AvgIpc) is 3.42. The molecule has 0 aliphatic carbocycles. The number of benzene rings is 3. The Hall–Kier alpha value is -3.59. The van der Waals surface area contributed by atoms with Gasteiger partial charge in [0.2, 0.25) is 0 Å². The molecule has 202 valence electrons. The van der Waals surface area contributed by atoms with Crippen LogP contribution in [0, 0.1) is 5.82 Å². The van der Waals surface area contributed by atoms with Gasteiger partial charge in [-0.1, -0.05) is 72.3 Å². The molecule has 5 rings (SSSR count). The maximum absolute atomic E-state index is 14.7. The van der Waals surface area contributed by atoms with E-state index in [4.69, 9.17) is 16.3 Å². The van der Waals surface area contributed by atoms with E-state index in [-0.39, 0.29) is 18.4 Å². The van der Waals surface area contributed by atoms with Crippen LogP contribution >= 0.6 is 11.6 Å². The van der Waals surface area contributed by atoms with Crippen molar-refractivity contribution in [3.05, 3.63) is 106 Å². The molecule has 7 nitrogen and oxygen atoms in total. The number of nitrogens with zero attached hydrogens (tertiary/aromatic N) is 4. The number of carbonyl (C=O) groups is 2. The predicted octanol–water partition coefficient (Wildman–Crippen LogP) is 4.63. The molecule has 2 aliphatic heterocycles. The van der Waals surface area contributed by atoms with Crippen LogP contribution in [-0.2, 0) is 9.53 Å². The number of hydrazone groups is 1. The second kappa shape index (κ2) is 12.5. The highest BCUT2D eigenvalue weighted by Gasteiger charge is 2.35. The molecule has 2 heterocycles.